The second-order valence-corrected chi connectivity index (χ2v) is 4.16. The van der Waals surface area contributed by atoms with Crippen LogP contribution in [0.25, 0.3) is 16.9 Å². The van der Waals surface area contributed by atoms with E-state index in [1.807, 2.05) is 30.3 Å². The fourth-order valence-corrected chi connectivity index (χ4v) is 1.83. The maximum absolute atomic E-state index is 5.47. The van der Waals surface area contributed by atoms with Gasteiger partial charge in [0.05, 0.1) is 24.7 Å². The molecule has 0 atom stereocenters. The van der Waals surface area contributed by atoms with Crippen LogP contribution in [0.2, 0.25) is 0 Å². The van der Waals surface area contributed by atoms with Crippen LogP contribution in [0.1, 0.15) is 13.3 Å². The van der Waals surface area contributed by atoms with E-state index >= 15 is 0 Å². The van der Waals surface area contributed by atoms with Crippen LogP contribution >= 0.6 is 0 Å². The number of rotatable bonds is 4. The van der Waals surface area contributed by atoms with Gasteiger partial charge in [-0.15, -0.1) is 0 Å². The van der Waals surface area contributed by atoms with Crippen molar-refractivity contribution in [1.82, 2.24) is 19.7 Å². The van der Waals surface area contributed by atoms with Crippen molar-refractivity contribution in [3.8, 4) is 11.6 Å². The summed E-state index contributed by atoms with van der Waals surface area (Å²) in [6, 6.07) is 9.87. The van der Waals surface area contributed by atoms with Crippen molar-refractivity contribution >= 4 is 11.2 Å². The summed E-state index contributed by atoms with van der Waals surface area (Å²) >= 11 is 0. The number of fused-ring (bicyclic) bond motifs is 1. The van der Waals surface area contributed by atoms with Crippen molar-refractivity contribution in [2.75, 3.05) is 6.61 Å². The Morgan fingerprint density at radius 2 is 2.00 bits per heavy atom. The summed E-state index contributed by atoms with van der Waals surface area (Å²) in [6.07, 6.45) is 4.29. The quantitative estimate of drug-likeness (QED) is 0.718. The number of ether oxygens (including phenoxy) is 1. The van der Waals surface area contributed by atoms with E-state index in [0.717, 1.165) is 23.3 Å². The molecule has 0 saturated carbocycles. The Balaban J connectivity index is 2.00. The van der Waals surface area contributed by atoms with Gasteiger partial charge in [0, 0.05) is 0 Å². The molecular weight excluding hydrogens is 240 g/mol. The highest BCUT2D eigenvalue weighted by Crippen LogP contribution is 2.17. The summed E-state index contributed by atoms with van der Waals surface area (Å²) in [7, 11) is 0. The fraction of sp³-hybridized carbons (Fsp3) is 0.214. The first-order valence-corrected chi connectivity index (χ1v) is 6.27. The van der Waals surface area contributed by atoms with Crippen LogP contribution in [0.15, 0.2) is 42.7 Å². The second-order valence-electron chi connectivity index (χ2n) is 4.16. The number of hydrogen-bond acceptors (Lipinski definition) is 4. The molecule has 0 aliphatic rings. The van der Waals surface area contributed by atoms with E-state index in [1.54, 1.807) is 17.1 Å². The summed E-state index contributed by atoms with van der Waals surface area (Å²) in [5.74, 6) is 0.543. The molecule has 1 aromatic carbocycles. The Labute approximate surface area is 110 Å². The van der Waals surface area contributed by atoms with Crippen molar-refractivity contribution in [2.24, 2.45) is 0 Å². The number of hydrogen-bond donors (Lipinski definition) is 0. The summed E-state index contributed by atoms with van der Waals surface area (Å²) < 4.78 is 7.24. The van der Waals surface area contributed by atoms with Crippen LogP contribution in [0, 0.1) is 0 Å². The van der Waals surface area contributed by atoms with Gasteiger partial charge in [-0.1, -0.05) is 25.1 Å². The van der Waals surface area contributed by atoms with Crippen molar-refractivity contribution in [3.63, 3.8) is 0 Å². The van der Waals surface area contributed by atoms with Crippen molar-refractivity contribution in [1.29, 1.82) is 0 Å². The SMILES string of the molecule is CCCOc1cnc2c(cnn2-c2ccccc2)n1. The highest BCUT2D eigenvalue weighted by atomic mass is 16.5. The minimum atomic E-state index is 0.543. The van der Waals surface area contributed by atoms with Crippen LogP contribution in [-0.2, 0) is 0 Å². The van der Waals surface area contributed by atoms with Gasteiger partial charge in [0.25, 0.3) is 0 Å². The van der Waals surface area contributed by atoms with E-state index in [0.29, 0.717) is 12.5 Å². The molecule has 96 valence electrons. The zero-order valence-electron chi connectivity index (χ0n) is 10.7. The van der Waals surface area contributed by atoms with Crippen molar-refractivity contribution in [3.05, 3.63) is 42.7 Å². The molecule has 0 fully saturated rings. The molecule has 5 heteroatoms. The molecule has 3 rings (SSSR count). The van der Waals surface area contributed by atoms with Crippen LogP contribution < -0.4 is 4.74 Å². The predicted molar refractivity (Wildman–Crippen MR) is 72.4 cm³/mol. The van der Waals surface area contributed by atoms with Gasteiger partial charge in [0.1, 0.15) is 5.52 Å². The Hall–Kier alpha value is -2.43. The smallest absolute Gasteiger partial charge is 0.233 e. The van der Waals surface area contributed by atoms with E-state index in [9.17, 15) is 0 Å². The topological polar surface area (TPSA) is 52.8 Å². The summed E-state index contributed by atoms with van der Waals surface area (Å²) in [5.41, 5.74) is 2.43. The molecule has 2 aromatic heterocycles. The molecule has 0 bridgehead atoms. The average Bonchev–Trinajstić information content (AvgIpc) is 2.89. The minimum absolute atomic E-state index is 0.543. The lowest BCUT2D eigenvalue weighted by Crippen LogP contribution is -2.00. The van der Waals surface area contributed by atoms with E-state index in [1.165, 1.54) is 0 Å². The minimum Gasteiger partial charge on any atom is -0.477 e. The molecule has 19 heavy (non-hydrogen) atoms. The summed E-state index contributed by atoms with van der Waals surface area (Å²) in [6.45, 7) is 2.70. The monoisotopic (exact) mass is 254 g/mol. The Kier molecular flexibility index (Phi) is 3.10. The van der Waals surface area contributed by atoms with Gasteiger partial charge in [-0.2, -0.15) is 5.10 Å². The zero-order chi connectivity index (χ0) is 13.1. The van der Waals surface area contributed by atoms with E-state index in [4.69, 9.17) is 4.74 Å². The molecule has 2 heterocycles. The molecule has 0 aliphatic carbocycles. The molecule has 0 saturated heterocycles. The standard InChI is InChI=1S/C14H14N4O/c1-2-8-19-13-10-15-14-12(17-13)9-16-18(14)11-6-4-3-5-7-11/h3-7,9-10H,2,8H2,1H3. The van der Waals surface area contributed by atoms with E-state index < -0.39 is 0 Å². The Morgan fingerprint density at radius 3 is 2.79 bits per heavy atom. The molecule has 0 N–H and O–H groups in total. The first kappa shape index (κ1) is 11.6. The Morgan fingerprint density at radius 1 is 1.16 bits per heavy atom. The lowest BCUT2D eigenvalue weighted by atomic mass is 10.3. The lowest BCUT2D eigenvalue weighted by molar-refractivity contribution is 0.305. The largest absolute Gasteiger partial charge is 0.477 e. The van der Waals surface area contributed by atoms with Gasteiger partial charge in [-0.25, -0.2) is 14.6 Å². The second kappa shape index (κ2) is 5.06. The number of aromatic nitrogens is 4. The number of para-hydroxylation sites is 1. The third kappa shape index (κ3) is 2.27. The normalized spacial score (nSPS) is 10.8. The Bertz CT molecular complexity index is 678. The van der Waals surface area contributed by atoms with Crippen LogP contribution in [-0.4, -0.2) is 26.4 Å². The maximum Gasteiger partial charge on any atom is 0.233 e. The van der Waals surface area contributed by atoms with E-state index in [2.05, 4.69) is 22.0 Å². The van der Waals surface area contributed by atoms with Gasteiger partial charge in [0.15, 0.2) is 5.65 Å². The van der Waals surface area contributed by atoms with Crippen molar-refractivity contribution < 1.29 is 4.74 Å². The third-order valence-corrected chi connectivity index (χ3v) is 2.71. The molecule has 0 radical (unpaired) electrons. The molecule has 0 aliphatic heterocycles. The van der Waals surface area contributed by atoms with Gasteiger partial charge in [-0.05, 0) is 18.6 Å². The van der Waals surface area contributed by atoms with Gasteiger partial charge < -0.3 is 4.74 Å². The van der Waals surface area contributed by atoms with Crippen LogP contribution in [0.3, 0.4) is 0 Å². The van der Waals surface area contributed by atoms with E-state index in [-0.39, 0.29) is 0 Å². The third-order valence-electron chi connectivity index (χ3n) is 2.71. The van der Waals surface area contributed by atoms with Crippen LogP contribution in [0.4, 0.5) is 0 Å². The maximum atomic E-state index is 5.47. The fourth-order valence-electron chi connectivity index (χ4n) is 1.83. The first-order valence-electron chi connectivity index (χ1n) is 6.27. The number of nitrogens with zero attached hydrogens (tertiary/aromatic N) is 4. The summed E-state index contributed by atoms with van der Waals surface area (Å²) in [5, 5.41) is 4.32. The average molecular weight is 254 g/mol. The van der Waals surface area contributed by atoms with Crippen LogP contribution in [0.5, 0.6) is 5.88 Å². The molecule has 0 unspecified atom stereocenters. The van der Waals surface area contributed by atoms with Gasteiger partial charge in [-0.3, -0.25) is 0 Å². The molecule has 0 amide bonds. The number of benzene rings is 1. The van der Waals surface area contributed by atoms with Crippen molar-refractivity contribution in [2.45, 2.75) is 13.3 Å². The van der Waals surface area contributed by atoms with Gasteiger partial charge in [0.2, 0.25) is 5.88 Å². The molecule has 5 nitrogen and oxygen atoms in total. The molecule has 0 spiro atoms. The predicted octanol–water partition coefficient (Wildman–Crippen LogP) is 2.60. The summed E-state index contributed by atoms with van der Waals surface area (Å²) in [4.78, 5) is 8.77. The lowest BCUT2D eigenvalue weighted by Gasteiger charge is -2.04. The zero-order valence-corrected chi connectivity index (χ0v) is 10.7. The highest BCUT2D eigenvalue weighted by molar-refractivity contribution is 5.71. The molecular formula is C14H14N4O. The molecule has 3 aromatic rings. The van der Waals surface area contributed by atoms with Gasteiger partial charge >= 0.3 is 0 Å². The first-order chi connectivity index (χ1) is 9.38. The highest BCUT2D eigenvalue weighted by Gasteiger charge is 2.08.